The van der Waals surface area contributed by atoms with Crippen LogP contribution in [0.15, 0.2) is 12.7 Å². The molecule has 0 radical (unpaired) electrons. The van der Waals surface area contributed by atoms with E-state index in [1.165, 1.54) is 6.08 Å². The lowest BCUT2D eigenvalue weighted by Crippen LogP contribution is -1.97. The van der Waals surface area contributed by atoms with Crippen molar-refractivity contribution in [3.63, 3.8) is 0 Å². The zero-order chi connectivity index (χ0) is 6.57. The molecule has 1 atom stereocenters. The normalized spacial score (nSPS) is 13.8. The van der Waals surface area contributed by atoms with Crippen molar-refractivity contribution in [2.75, 3.05) is 0 Å². The molecule has 0 saturated heterocycles. The van der Waals surface area contributed by atoms with Gasteiger partial charge in [-0.05, 0) is 6.08 Å². The van der Waals surface area contributed by atoms with E-state index >= 15 is 0 Å². The van der Waals surface area contributed by atoms with Crippen molar-refractivity contribution < 1.29 is 12.6 Å². The van der Waals surface area contributed by atoms with Gasteiger partial charge in [-0.25, -0.2) is 12.6 Å². The molecule has 48 valence electrons. The smallest absolute Gasteiger partial charge is 0.248 e. The van der Waals surface area contributed by atoms with Crippen LogP contribution in [0.4, 0.5) is 0 Å². The number of halogens is 1. The second-order valence-electron chi connectivity index (χ2n) is 0.916. The molecule has 0 aliphatic rings. The molecule has 0 heterocycles. The van der Waals surface area contributed by atoms with Gasteiger partial charge in [0.2, 0.25) is 0 Å². The molecule has 0 aromatic heterocycles. The molecule has 1 unspecified atom stereocenters. The summed E-state index contributed by atoms with van der Waals surface area (Å²) in [6, 6.07) is 0. The molecule has 0 aromatic carbocycles. The molecule has 0 aliphatic heterocycles. The second kappa shape index (κ2) is 3.88. The van der Waals surface area contributed by atoms with Crippen molar-refractivity contribution >= 4 is 22.6 Å². The highest BCUT2D eigenvalue weighted by molar-refractivity contribution is 7.67. The van der Waals surface area contributed by atoms with Crippen molar-refractivity contribution in [1.29, 1.82) is 0 Å². The Kier molecular flexibility index (Phi) is 3.85. The van der Waals surface area contributed by atoms with Crippen LogP contribution in [0.2, 0.25) is 0 Å². The van der Waals surface area contributed by atoms with Gasteiger partial charge in [0.1, 0.15) is 0 Å². The average molecular weight is 157 g/mol. The summed E-state index contributed by atoms with van der Waals surface area (Å²) in [6.07, 6.45) is 1.17. The van der Waals surface area contributed by atoms with Gasteiger partial charge < -0.3 is 0 Å². The first kappa shape index (κ1) is 7.94. The fourth-order valence-corrected chi connectivity index (χ4v) is 0.571. The summed E-state index contributed by atoms with van der Waals surface area (Å²) < 4.78 is 23.3. The summed E-state index contributed by atoms with van der Waals surface area (Å²) in [7, 11) is -2.85. The molecule has 8 heavy (non-hydrogen) atoms. The molecule has 5 heteroatoms. The van der Waals surface area contributed by atoms with Crippen molar-refractivity contribution in [1.82, 2.24) is 0 Å². The van der Waals surface area contributed by atoms with Crippen molar-refractivity contribution in [3.05, 3.63) is 12.7 Å². The van der Waals surface area contributed by atoms with E-state index in [-0.39, 0.29) is 0 Å². The number of hydrogen-bond donors (Lipinski definition) is 1. The standard InChI is InChI=1S/C3H5ClO3S/c1-2-3(4)7-8(5)6/h2-3,8H,1H2. The Morgan fingerprint density at radius 2 is 2.25 bits per heavy atom. The first-order valence-electron chi connectivity index (χ1n) is 1.74. The maximum absolute atomic E-state index is 9.65. The molecule has 3 nitrogen and oxygen atoms in total. The van der Waals surface area contributed by atoms with Crippen LogP contribution >= 0.6 is 11.6 Å². The van der Waals surface area contributed by atoms with E-state index in [2.05, 4.69) is 10.8 Å². The van der Waals surface area contributed by atoms with Crippen LogP contribution in [0.25, 0.3) is 0 Å². The third kappa shape index (κ3) is 4.11. The van der Waals surface area contributed by atoms with Crippen molar-refractivity contribution in [2.45, 2.75) is 5.56 Å². The third-order valence-electron chi connectivity index (χ3n) is 0.372. The highest BCUT2D eigenvalue weighted by Crippen LogP contribution is 1.96. The highest BCUT2D eigenvalue weighted by atomic mass is 35.5. The Morgan fingerprint density at radius 3 is 2.38 bits per heavy atom. The molecule has 0 bridgehead atoms. The quantitative estimate of drug-likeness (QED) is 0.363. The molecule has 0 amide bonds. The average Bonchev–Trinajstić information content (AvgIpc) is 1.65. The Labute approximate surface area is 54.1 Å². The molecule has 0 rings (SSSR count). The summed E-state index contributed by atoms with van der Waals surface area (Å²) in [4.78, 5) is 0. The van der Waals surface area contributed by atoms with E-state index < -0.39 is 16.5 Å². The van der Waals surface area contributed by atoms with Gasteiger partial charge in [-0.1, -0.05) is 18.2 Å². The topological polar surface area (TPSA) is 43.4 Å². The third-order valence-corrected chi connectivity index (χ3v) is 1.16. The second-order valence-corrected chi connectivity index (χ2v) is 2.00. The van der Waals surface area contributed by atoms with Crippen LogP contribution in [0.1, 0.15) is 0 Å². The van der Waals surface area contributed by atoms with Gasteiger partial charge in [-0.2, -0.15) is 0 Å². The minimum absolute atomic E-state index is 0.934. The number of hydrogen-bond acceptors (Lipinski definition) is 3. The Hall–Kier alpha value is -0.0600. The Bertz CT molecular complexity index is 133. The summed E-state index contributed by atoms with van der Waals surface area (Å²) in [5, 5.41) is 0. The summed E-state index contributed by atoms with van der Waals surface area (Å²) >= 11 is 5.14. The van der Waals surface area contributed by atoms with E-state index in [9.17, 15) is 8.42 Å². The zero-order valence-corrected chi connectivity index (χ0v) is 5.56. The number of rotatable bonds is 3. The van der Waals surface area contributed by atoms with Crippen LogP contribution < -0.4 is 0 Å². The minimum Gasteiger partial charge on any atom is -0.248 e. The van der Waals surface area contributed by atoms with Gasteiger partial charge in [0.25, 0.3) is 11.0 Å². The van der Waals surface area contributed by atoms with Gasteiger partial charge in [-0.3, -0.25) is 0 Å². The van der Waals surface area contributed by atoms with Crippen LogP contribution in [0, 0.1) is 0 Å². The fraction of sp³-hybridized carbons (Fsp3) is 0.333. The highest BCUT2D eigenvalue weighted by Gasteiger charge is 1.95. The van der Waals surface area contributed by atoms with Crippen molar-refractivity contribution in [3.8, 4) is 0 Å². The molecule has 0 N–H and O–H groups in total. The Morgan fingerprint density at radius 1 is 1.75 bits per heavy atom. The molecular weight excluding hydrogens is 152 g/mol. The summed E-state index contributed by atoms with van der Waals surface area (Å²) in [5.41, 5.74) is -0.934. The molecule has 0 aromatic rings. The molecular formula is C3H5ClO3S. The number of thiol groups is 1. The van der Waals surface area contributed by atoms with Crippen LogP contribution in [-0.4, -0.2) is 14.0 Å². The van der Waals surface area contributed by atoms with Crippen molar-refractivity contribution in [2.24, 2.45) is 0 Å². The molecule has 0 spiro atoms. The minimum atomic E-state index is -2.85. The number of alkyl halides is 1. The van der Waals surface area contributed by atoms with Crippen LogP contribution in [0.5, 0.6) is 0 Å². The lowest BCUT2D eigenvalue weighted by atomic mass is 10.7. The van der Waals surface area contributed by atoms with Gasteiger partial charge in [-0.15, -0.1) is 0 Å². The van der Waals surface area contributed by atoms with E-state index in [0.717, 1.165) is 0 Å². The van der Waals surface area contributed by atoms with E-state index in [4.69, 9.17) is 11.6 Å². The SMILES string of the molecule is C=CC(Cl)O[SH](=O)=O. The van der Waals surface area contributed by atoms with Gasteiger partial charge >= 0.3 is 0 Å². The maximum Gasteiger partial charge on any atom is 0.258 e. The van der Waals surface area contributed by atoms with Crippen LogP contribution in [0.3, 0.4) is 0 Å². The van der Waals surface area contributed by atoms with Crippen LogP contribution in [-0.2, 0) is 15.2 Å². The fourth-order valence-electron chi connectivity index (χ4n) is 0.125. The first-order chi connectivity index (χ1) is 3.66. The first-order valence-corrected chi connectivity index (χ1v) is 3.28. The van der Waals surface area contributed by atoms with Gasteiger partial charge in [0.15, 0.2) is 5.56 Å². The molecule has 0 aliphatic carbocycles. The lowest BCUT2D eigenvalue weighted by molar-refractivity contribution is 0.342. The summed E-state index contributed by atoms with van der Waals surface area (Å²) in [5.74, 6) is 0. The summed E-state index contributed by atoms with van der Waals surface area (Å²) in [6.45, 7) is 3.19. The van der Waals surface area contributed by atoms with Gasteiger partial charge in [0.05, 0.1) is 0 Å². The Balaban J connectivity index is 3.54. The van der Waals surface area contributed by atoms with E-state index in [1.807, 2.05) is 0 Å². The molecule has 0 saturated carbocycles. The van der Waals surface area contributed by atoms with Gasteiger partial charge in [0, 0.05) is 0 Å². The predicted octanol–water partition coefficient (Wildman–Crippen LogP) is 0.280. The van der Waals surface area contributed by atoms with E-state index in [1.54, 1.807) is 0 Å². The van der Waals surface area contributed by atoms with E-state index in [0.29, 0.717) is 0 Å². The lowest BCUT2D eigenvalue weighted by Gasteiger charge is -1.93. The maximum atomic E-state index is 9.65. The zero-order valence-electron chi connectivity index (χ0n) is 3.91. The molecule has 0 fully saturated rings. The largest absolute Gasteiger partial charge is 0.258 e. The monoisotopic (exact) mass is 156 g/mol. The predicted molar refractivity (Wildman–Crippen MR) is 31.2 cm³/mol.